The van der Waals surface area contributed by atoms with Crippen molar-refractivity contribution in [2.75, 3.05) is 0 Å². The van der Waals surface area contributed by atoms with Gasteiger partial charge in [-0.2, -0.15) is 5.26 Å². The second-order valence-electron chi connectivity index (χ2n) is 6.39. The first-order chi connectivity index (χ1) is 12.3. The van der Waals surface area contributed by atoms with Gasteiger partial charge < -0.3 is 9.72 Å². The van der Waals surface area contributed by atoms with Crippen LogP contribution < -0.4 is 0 Å². The van der Waals surface area contributed by atoms with Crippen molar-refractivity contribution in [2.45, 2.75) is 32.3 Å². The molecule has 1 aliphatic rings. The van der Waals surface area contributed by atoms with Crippen LogP contribution in [0.15, 0.2) is 42.5 Å². The number of hydrogen-bond donors (Lipinski definition) is 1. The summed E-state index contributed by atoms with van der Waals surface area (Å²) >= 11 is 0. The summed E-state index contributed by atoms with van der Waals surface area (Å²) in [6.07, 6.45) is 4.55. The van der Waals surface area contributed by atoms with Crippen LogP contribution in [-0.4, -0.2) is 11.0 Å². The molecule has 1 heterocycles. The number of benzene rings is 2. The van der Waals surface area contributed by atoms with Crippen LogP contribution >= 0.6 is 0 Å². The average Bonchev–Trinajstić information content (AvgIpc) is 3.04. The molecule has 0 aliphatic heterocycles. The van der Waals surface area contributed by atoms with E-state index in [2.05, 4.69) is 11.1 Å². The maximum absolute atomic E-state index is 12.4. The van der Waals surface area contributed by atoms with E-state index in [1.54, 1.807) is 24.3 Å². The highest BCUT2D eigenvalue weighted by Crippen LogP contribution is 2.29. The zero-order chi connectivity index (χ0) is 17.2. The van der Waals surface area contributed by atoms with Crippen molar-refractivity contribution in [3.63, 3.8) is 0 Å². The first-order valence-electron chi connectivity index (χ1n) is 8.55. The van der Waals surface area contributed by atoms with Gasteiger partial charge in [-0.25, -0.2) is 4.79 Å². The van der Waals surface area contributed by atoms with Crippen molar-refractivity contribution in [3.8, 4) is 6.07 Å². The van der Waals surface area contributed by atoms with Crippen LogP contribution in [0, 0.1) is 11.3 Å². The summed E-state index contributed by atoms with van der Waals surface area (Å²) in [5.74, 6) is -0.361. The molecule has 0 bridgehead atoms. The molecular weight excluding hydrogens is 312 g/mol. The number of H-pyrrole nitrogens is 1. The van der Waals surface area contributed by atoms with Gasteiger partial charge in [0, 0.05) is 22.2 Å². The van der Waals surface area contributed by atoms with Gasteiger partial charge in [0.1, 0.15) is 6.61 Å². The molecule has 1 N–H and O–H groups in total. The summed E-state index contributed by atoms with van der Waals surface area (Å²) in [6, 6.07) is 15.0. The number of esters is 1. The number of nitrogens with one attached hydrogen (secondary N) is 1. The summed E-state index contributed by atoms with van der Waals surface area (Å²) in [7, 11) is 0. The lowest BCUT2D eigenvalue weighted by Crippen LogP contribution is -2.06. The lowest BCUT2D eigenvalue weighted by molar-refractivity contribution is 0.0472. The molecule has 0 saturated heterocycles. The molecule has 1 aliphatic carbocycles. The summed E-state index contributed by atoms with van der Waals surface area (Å²) in [6.45, 7) is 0.103. The van der Waals surface area contributed by atoms with Crippen molar-refractivity contribution in [1.82, 2.24) is 4.98 Å². The van der Waals surface area contributed by atoms with Gasteiger partial charge in [-0.15, -0.1) is 0 Å². The van der Waals surface area contributed by atoms with E-state index >= 15 is 0 Å². The fourth-order valence-electron chi connectivity index (χ4n) is 3.51. The Morgan fingerprint density at radius 3 is 2.88 bits per heavy atom. The summed E-state index contributed by atoms with van der Waals surface area (Å²) in [4.78, 5) is 15.9. The van der Waals surface area contributed by atoms with E-state index in [0.717, 1.165) is 29.3 Å². The maximum atomic E-state index is 12.4. The normalized spacial score (nSPS) is 13.2. The molecule has 3 aromatic rings. The van der Waals surface area contributed by atoms with Crippen LogP contribution in [0.2, 0.25) is 0 Å². The third-order valence-corrected chi connectivity index (χ3v) is 4.83. The number of aryl methyl sites for hydroxylation is 2. The zero-order valence-corrected chi connectivity index (χ0v) is 13.8. The smallest absolute Gasteiger partial charge is 0.338 e. The third kappa shape index (κ3) is 2.89. The number of nitrogens with zero attached hydrogens (tertiary/aromatic N) is 1. The van der Waals surface area contributed by atoms with Gasteiger partial charge in [-0.1, -0.05) is 18.2 Å². The van der Waals surface area contributed by atoms with Crippen LogP contribution in [0.25, 0.3) is 10.9 Å². The lowest BCUT2D eigenvalue weighted by Gasteiger charge is -2.10. The van der Waals surface area contributed by atoms with Gasteiger partial charge >= 0.3 is 5.97 Å². The number of aromatic nitrogens is 1. The Labute approximate surface area is 146 Å². The number of rotatable bonds is 3. The SMILES string of the molecule is N#Cc1ccccc1COC(=O)c1ccc2[nH]c3c(c2c1)CCCC3. The highest BCUT2D eigenvalue weighted by atomic mass is 16.5. The molecule has 0 saturated carbocycles. The van der Waals surface area contributed by atoms with Crippen molar-refractivity contribution >= 4 is 16.9 Å². The van der Waals surface area contributed by atoms with Crippen molar-refractivity contribution in [1.29, 1.82) is 5.26 Å². The minimum absolute atomic E-state index is 0.103. The first kappa shape index (κ1) is 15.5. The molecule has 0 unspecified atom stereocenters. The number of aromatic amines is 1. The van der Waals surface area contributed by atoms with E-state index in [-0.39, 0.29) is 12.6 Å². The fourth-order valence-corrected chi connectivity index (χ4v) is 3.51. The molecule has 0 fully saturated rings. The average molecular weight is 330 g/mol. The molecular formula is C21H18N2O2. The van der Waals surface area contributed by atoms with Crippen LogP contribution in [0.1, 0.15) is 45.6 Å². The Morgan fingerprint density at radius 2 is 2.00 bits per heavy atom. The number of carbonyl (C=O) groups is 1. The lowest BCUT2D eigenvalue weighted by atomic mass is 9.95. The number of fused-ring (bicyclic) bond motifs is 3. The van der Waals surface area contributed by atoms with Gasteiger partial charge in [-0.3, -0.25) is 0 Å². The molecule has 4 heteroatoms. The minimum Gasteiger partial charge on any atom is -0.457 e. The summed E-state index contributed by atoms with van der Waals surface area (Å²) in [5.41, 5.74) is 5.52. The Bertz CT molecular complexity index is 995. The second kappa shape index (κ2) is 6.45. The molecule has 0 spiro atoms. The summed E-state index contributed by atoms with van der Waals surface area (Å²) in [5, 5.41) is 10.2. The molecule has 25 heavy (non-hydrogen) atoms. The van der Waals surface area contributed by atoms with Gasteiger partial charge in [-0.05, 0) is 55.5 Å². The Kier molecular flexibility index (Phi) is 3.99. The minimum atomic E-state index is -0.361. The standard InChI is InChI=1S/C21H18N2O2/c22-12-15-5-1-2-6-16(15)13-25-21(24)14-9-10-20-18(11-14)17-7-3-4-8-19(17)23-20/h1-2,5-6,9-11,23H,3-4,7-8,13H2. The highest BCUT2D eigenvalue weighted by molar-refractivity contribution is 5.96. The number of nitriles is 1. The van der Waals surface area contributed by atoms with Gasteiger partial charge in [0.25, 0.3) is 0 Å². The van der Waals surface area contributed by atoms with Crippen LogP contribution in [0.3, 0.4) is 0 Å². The topological polar surface area (TPSA) is 65.9 Å². The highest BCUT2D eigenvalue weighted by Gasteiger charge is 2.17. The predicted octanol–water partition coefficient (Wildman–Crippen LogP) is 4.28. The molecule has 4 nitrogen and oxygen atoms in total. The van der Waals surface area contributed by atoms with E-state index in [1.165, 1.54) is 24.1 Å². The van der Waals surface area contributed by atoms with Gasteiger partial charge in [0.2, 0.25) is 0 Å². The Hall–Kier alpha value is -3.06. The molecule has 2 aromatic carbocycles. The number of hydrogen-bond acceptors (Lipinski definition) is 3. The summed E-state index contributed by atoms with van der Waals surface area (Å²) < 4.78 is 5.43. The number of ether oxygens (including phenoxy) is 1. The third-order valence-electron chi connectivity index (χ3n) is 4.83. The van der Waals surface area contributed by atoms with E-state index in [0.29, 0.717) is 11.1 Å². The van der Waals surface area contributed by atoms with Crippen molar-refractivity contribution in [2.24, 2.45) is 0 Å². The van der Waals surface area contributed by atoms with Crippen molar-refractivity contribution in [3.05, 3.63) is 70.4 Å². The van der Waals surface area contributed by atoms with Crippen molar-refractivity contribution < 1.29 is 9.53 Å². The quantitative estimate of drug-likeness (QED) is 0.729. The van der Waals surface area contributed by atoms with Gasteiger partial charge in [0.15, 0.2) is 0 Å². The van der Waals surface area contributed by atoms with Crippen LogP contribution in [-0.2, 0) is 24.2 Å². The van der Waals surface area contributed by atoms with Crippen LogP contribution in [0.5, 0.6) is 0 Å². The second-order valence-corrected chi connectivity index (χ2v) is 6.39. The van der Waals surface area contributed by atoms with Gasteiger partial charge in [0.05, 0.1) is 17.2 Å². The van der Waals surface area contributed by atoms with E-state index < -0.39 is 0 Å². The predicted molar refractivity (Wildman–Crippen MR) is 95.2 cm³/mol. The monoisotopic (exact) mass is 330 g/mol. The molecule has 0 atom stereocenters. The van der Waals surface area contributed by atoms with E-state index in [4.69, 9.17) is 10.00 Å². The molecule has 0 radical (unpaired) electrons. The first-order valence-corrected chi connectivity index (χ1v) is 8.55. The Morgan fingerprint density at radius 1 is 1.16 bits per heavy atom. The van der Waals surface area contributed by atoms with Crippen LogP contribution in [0.4, 0.5) is 0 Å². The fraction of sp³-hybridized carbons (Fsp3) is 0.238. The zero-order valence-electron chi connectivity index (χ0n) is 13.8. The molecule has 124 valence electrons. The largest absolute Gasteiger partial charge is 0.457 e. The maximum Gasteiger partial charge on any atom is 0.338 e. The van der Waals surface area contributed by atoms with E-state index in [9.17, 15) is 4.79 Å². The number of carbonyl (C=O) groups excluding carboxylic acids is 1. The van der Waals surface area contributed by atoms with E-state index in [1.807, 2.05) is 18.2 Å². The molecule has 4 rings (SSSR count). The molecule has 1 aromatic heterocycles. The molecule has 0 amide bonds. The Balaban J connectivity index is 1.57.